The van der Waals surface area contributed by atoms with Crippen molar-refractivity contribution in [3.05, 3.63) is 53.9 Å². The first-order chi connectivity index (χ1) is 16.8. The lowest BCUT2D eigenvalue weighted by Crippen LogP contribution is -2.44. The average Bonchev–Trinajstić information content (AvgIpc) is 3.47. The zero-order valence-corrected chi connectivity index (χ0v) is 22.0. The quantitative estimate of drug-likeness (QED) is 0.445. The van der Waals surface area contributed by atoms with Gasteiger partial charge in [0.25, 0.3) is 0 Å². The number of carboxylic acid groups (broad SMARTS) is 1. The lowest BCUT2D eigenvalue weighted by atomic mass is 9.68. The summed E-state index contributed by atoms with van der Waals surface area (Å²) in [6.07, 6.45) is 4.47. The molecule has 2 heterocycles. The first kappa shape index (κ1) is 24.2. The number of fused-ring (bicyclic) bond motifs is 1. The van der Waals surface area contributed by atoms with E-state index in [9.17, 15) is 9.90 Å². The van der Waals surface area contributed by atoms with Gasteiger partial charge in [0.1, 0.15) is 5.82 Å². The molecule has 0 spiro atoms. The van der Waals surface area contributed by atoms with Gasteiger partial charge in [0.05, 0.1) is 17.0 Å². The maximum atomic E-state index is 12.2. The van der Waals surface area contributed by atoms with Crippen LogP contribution < -0.4 is 4.31 Å². The van der Waals surface area contributed by atoms with E-state index in [1.165, 1.54) is 12.8 Å². The minimum atomic E-state index is -0.653. The molecule has 1 aliphatic heterocycles. The number of benzene rings is 2. The van der Waals surface area contributed by atoms with Gasteiger partial charge in [-0.2, -0.15) is 0 Å². The molecule has 1 saturated carbocycles. The second-order valence-corrected chi connectivity index (χ2v) is 11.6. The molecule has 1 aromatic heterocycles. The predicted octanol–water partition coefficient (Wildman–Crippen LogP) is 5.70. The summed E-state index contributed by atoms with van der Waals surface area (Å²) in [7, 11) is 4.11. The van der Waals surface area contributed by atoms with Crippen LogP contribution in [0, 0.1) is 18.8 Å². The Hall–Kier alpha value is -2.51. The molecule has 2 aromatic carbocycles. The minimum Gasteiger partial charge on any atom is -0.481 e. The number of aliphatic carboxylic acids is 1. The van der Waals surface area contributed by atoms with Gasteiger partial charge in [-0.05, 0) is 105 Å². The Labute approximate surface area is 212 Å². The van der Waals surface area contributed by atoms with Crippen LogP contribution in [-0.4, -0.2) is 51.7 Å². The molecule has 0 amide bonds. The molecule has 6 nitrogen and oxygen atoms in total. The topological polar surface area (TPSA) is 61.6 Å². The Bertz CT molecular complexity index is 1200. The summed E-state index contributed by atoms with van der Waals surface area (Å²) in [4.78, 5) is 20.6. The molecule has 35 heavy (non-hydrogen) atoms. The van der Waals surface area contributed by atoms with Crippen molar-refractivity contribution < 1.29 is 9.90 Å². The molecule has 1 aliphatic carbocycles. The third-order valence-corrected chi connectivity index (χ3v) is 9.11. The molecule has 0 radical (unpaired) electrons. The second-order valence-electron chi connectivity index (χ2n) is 10.4. The van der Waals surface area contributed by atoms with Crippen LogP contribution >= 0.6 is 11.9 Å². The number of hydrogen-bond donors (Lipinski definition) is 1. The highest BCUT2D eigenvalue weighted by atomic mass is 32.2. The van der Waals surface area contributed by atoms with Gasteiger partial charge >= 0.3 is 5.97 Å². The van der Waals surface area contributed by atoms with Crippen LogP contribution in [0.1, 0.15) is 49.9 Å². The molecule has 0 bridgehead atoms. The van der Waals surface area contributed by atoms with Gasteiger partial charge in [-0.15, -0.1) is 0 Å². The lowest BCUT2D eigenvalue weighted by molar-refractivity contribution is -0.146. The highest BCUT2D eigenvalue weighted by Crippen LogP contribution is 2.44. The Morgan fingerprint density at radius 1 is 1.11 bits per heavy atom. The molecule has 1 saturated heterocycles. The van der Waals surface area contributed by atoms with Crippen LogP contribution in [0.4, 0.5) is 5.69 Å². The summed E-state index contributed by atoms with van der Waals surface area (Å²) in [5.41, 5.74) is 4.40. The Morgan fingerprint density at radius 3 is 2.51 bits per heavy atom. The number of carboxylic acids is 1. The summed E-state index contributed by atoms with van der Waals surface area (Å²) in [5.74, 6) is 0.276. The van der Waals surface area contributed by atoms with Crippen molar-refractivity contribution in [2.45, 2.75) is 56.4 Å². The minimum absolute atomic E-state index is 0.0589. The van der Waals surface area contributed by atoms with Crippen molar-refractivity contribution in [1.82, 2.24) is 14.5 Å². The van der Waals surface area contributed by atoms with E-state index >= 15 is 0 Å². The number of aryl methyl sites for hydroxylation is 2. The van der Waals surface area contributed by atoms with Gasteiger partial charge in [0.2, 0.25) is 0 Å². The molecule has 2 aliphatic rings. The normalized spacial score (nSPS) is 25.3. The largest absolute Gasteiger partial charge is 0.481 e. The van der Waals surface area contributed by atoms with Crippen molar-refractivity contribution in [3.8, 4) is 0 Å². The fraction of sp³-hybridized carbons (Fsp3) is 0.500. The number of likely N-dealkylation sites (tertiary alicyclic amines) is 1. The number of anilines is 1. The summed E-state index contributed by atoms with van der Waals surface area (Å²) < 4.78 is 4.27. The molecule has 7 heteroatoms. The van der Waals surface area contributed by atoms with Crippen LogP contribution in [0.25, 0.3) is 11.0 Å². The van der Waals surface area contributed by atoms with Gasteiger partial charge in [-0.1, -0.05) is 19.1 Å². The van der Waals surface area contributed by atoms with Crippen LogP contribution in [0.5, 0.6) is 0 Å². The average molecular weight is 493 g/mol. The lowest BCUT2D eigenvalue weighted by Gasteiger charge is -2.42. The van der Waals surface area contributed by atoms with Crippen molar-refractivity contribution in [1.29, 1.82) is 0 Å². The Balaban J connectivity index is 1.33. The van der Waals surface area contributed by atoms with Gasteiger partial charge < -0.3 is 18.9 Å². The summed E-state index contributed by atoms with van der Waals surface area (Å²) in [5, 5.41) is 10.1. The molecular formula is C28H36N4O2S. The maximum Gasteiger partial charge on any atom is 0.307 e. The smallest absolute Gasteiger partial charge is 0.307 e. The van der Waals surface area contributed by atoms with Gasteiger partial charge in [0, 0.05) is 30.7 Å². The third kappa shape index (κ3) is 4.81. The van der Waals surface area contributed by atoms with Crippen LogP contribution in [0.15, 0.2) is 47.4 Å². The maximum absolute atomic E-state index is 12.2. The molecule has 186 valence electrons. The van der Waals surface area contributed by atoms with E-state index in [2.05, 4.69) is 75.2 Å². The first-order valence-electron chi connectivity index (χ1n) is 12.7. The number of hydrogen-bond acceptors (Lipinski definition) is 5. The van der Waals surface area contributed by atoms with Crippen LogP contribution in [0.2, 0.25) is 0 Å². The molecule has 1 N–H and O–H groups in total. The zero-order chi connectivity index (χ0) is 24.7. The van der Waals surface area contributed by atoms with E-state index in [-0.39, 0.29) is 17.8 Å². The highest BCUT2D eigenvalue weighted by Gasteiger charge is 2.42. The number of nitrogens with zero attached hydrogens (tertiary/aromatic N) is 4. The fourth-order valence-electron chi connectivity index (χ4n) is 6.17. The molecular weight excluding hydrogens is 456 g/mol. The van der Waals surface area contributed by atoms with Crippen LogP contribution in [0.3, 0.4) is 0 Å². The van der Waals surface area contributed by atoms with E-state index in [4.69, 9.17) is 0 Å². The number of aromatic nitrogens is 2. The highest BCUT2D eigenvalue weighted by molar-refractivity contribution is 8.00. The van der Waals surface area contributed by atoms with E-state index in [0.717, 1.165) is 58.9 Å². The molecule has 4 atom stereocenters. The standard InChI is InChI=1S/C28H36N4O2S/c1-18-15-22(32-13-5-6-14-32)16-24(27(18)28(33)34)20-7-9-21(10-8-20)31(4)35-23-11-12-26-25(17-23)29-19(2)30(26)3/h7-12,17-18,22,24,27H,5-6,13-16H2,1-4H3,(H,33,34)/t18-,22?,24-,27?/m0/s1. The SMILES string of the molecule is Cc1nc2cc(SN(C)c3ccc([C@@H]4CC(N5CCCC5)C[C@H](C)C4C(=O)O)cc3)ccc2n1C. The predicted molar refractivity (Wildman–Crippen MR) is 143 cm³/mol. The van der Waals surface area contributed by atoms with E-state index < -0.39 is 5.97 Å². The summed E-state index contributed by atoms with van der Waals surface area (Å²) in [6.45, 7) is 6.47. The first-order valence-corrected chi connectivity index (χ1v) is 13.5. The van der Waals surface area contributed by atoms with E-state index in [0.29, 0.717) is 6.04 Å². The second kappa shape index (κ2) is 9.86. The number of imidazole rings is 1. The monoisotopic (exact) mass is 492 g/mol. The van der Waals surface area contributed by atoms with Crippen molar-refractivity contribution in [2.24, 2.45) is 18.9 Å². The Kier molecular flexibility index (Phi) is 6.82. The number of rotatable bonds is 6. The van der Waals surface area contributed by atoms with Crippen molar-refractivity contribution >= 4 is 34.6 Å². The summed E-state index contributed by atoms with van der Waals surface area (Å²) in [6, 6.07) is 15.5. The zero-order valence-electron chi connectivity index (χ0n) is 21.1. The van der Waals surface area contributed by atoms with E-state index in [1.54, 1.807) is 11.9 Å². The van der Waals surface area contributed by atoms with Crippen molar-refractivity contribution in [3.63, 3.8) is 0 Å². The van der Waals surface area contributed by atoms with Crippen LogP contribution in [-0.2, 0) is 11.8 Å². The van der Waals surface area contributed by atoms with Crippen molar-refractivity contribution in [2.75, 3.05) is 24.4 Å². The molecule has 3 aromatic rings. The van der Waals surface area contributed by atoms with Gasteiger partial charge in [-0.25, -0.2) is 4.98 Å². The fourth-order valence-corrected chi connectivity index (χ4v) is 7.01. The third-order valence-electron chi connectivity index (χ3n) is 8.16. The molecule has 5 rings (SSSR count). The summed E-state index contributed by atoms with van der Waals surface area (Å²) >= 11 is 1.67. The number of carbonyl (C=O) groups is 1. The molecule has 2 unspecified atom stereocenters. The molecule has 2 fully saturated rings. The van der Waals surface area contributed by atoms with E-state index in [1.807, 2.05) is 14.0 Å². The Morgan fingerprint density at radius 2 is 1.83 bits per heavy atom. The van der Waals surface area contributed by atoms with Gasteiger partial charge in [-0.3, -0.25) is 4.79 Å². The van der Waals surface area contributed by atoms with Gasteiger partial charge in [0.15, 0.2) is 0 Å².